The van der Waals surface area contributed by atoms with Crippen LogP contribution in [0.1, 0.15) is 37.2 Å². The summed E-state index contributed by atoms with van der Waals surface area (Å²) in [5, 5.41) is 0.760. The van der Waals surface area contributed by atoms with Gasteiger partial charge in [0.05, 0.1) is 7.11 Å². The summed E-state index contributed by atoms with van der Waals surface area (Å²) in [7, 11) is 1.44. The van der Waals surface area contributed by atoms with Crippen LogP contribution in [0.4, 0.5) is 0 Å². The number of halogens is 1. The van der Waals surface area contributed by atoms with E-state index in [1.807, 2.05) is 12.1 Å². The largest absolute Gasteiger partial charge is 0.469 e. The van der Waals surface area contributed by atoms with Crippen molar-refractivity contribution in [1.29, 1.82) is 0 Å². The second kappa shape index (κ2) is 5.54. The molecule has 2 rings (SSSR count). The van der Waals surface area contributed by atoms with Crippen LogP contribution in [0.5, 0.6) is 0 Å². The average Bonchev–Trinajstić information content (AvgIpc) is 3.15. The molecule has 0 saturated heterocycles. The van der Waals surface area contributed by atoms with Crippen molar-refractivity contribution in [3.63, 3.8) is 0 Å². The third kappa shape index (κ3) is 3.47. The molecule has 1 aromatic rings. The molecule has 17 heavy (non-hydrogen) atoms. The second-order valence-electron chi connectivity index (χ2n) is 4.61. The Morgan fingerprint density at radius 3 is 2.59 bits per heavy atom. The number of carbonyl (C=O) groups is 1. The Balaban J connectivity index is 2.01. The zero-order chi connectivity index (χ0) is 12.3. The van der Waals surface area contributed by atoms with Gasteiger partial charge in [-0.15, -0.1) is 0 Å². The van der Waals surface area contributed by atoms with Gasteiger partial charge in [-0.2, -0.15) is 0 Å². The Morgan fingerprint density at radius 1 is 1.41 bits per heavy atom. The summed E-state index contributed by atoms with van der Waals surface area (Å²) in [5.74, 6) is 1.09. The summed E-state index contributed by atoms with van der Waals surface area (Å²) in [5.41, 5.74) is 1.29. The Hall–Kier alpha value is -1.02. The Morgan fingerprint density at radius 2 is 2.06 bits per heavy atom. The Kier molecular flexibility index (Phi) is 4.06. The first-order valence-corrected chi connectivity index (χ1v) is 6.41. The van der Waals surface area contributed by atoms with E-state index in [0.29, 0.717) is 12.3 Å². The first-order valence-electron chi connectivity index (χ1n) is 6.03. The highest BCUT2D eigenvalue weighted by Gasteiger charge is 2.32. The minimum atomic E-state index is -0.121. The van der Waals surface area contributed by atoms with Gasteiger partial charge >= 0.3 is 5.97 Å². The van der Waals surface area contributed by atoms with E-state index in [4.69, 9.17) is 16.3 Å². The third-order valence-corrected chi connectivity index (χ3v) is 3.63. The molecule has 0 N–H and O–H groups in total. The molecule has 0 radical (unpaired) electrons. The fourth-order valence-electron chi connectivity index (χ4n) is 2.26. The van der Waals surface area contributed by atoms with Gasteiger partial charge in [0.15, 0.2) is 0 Å². The first-order chi connectivity index (χ1) is 8.20. The number of methoxy groups -OCH3 is 1. The zero-order valence-electron chi connectivity index (χ0n) is 9.99. The number of esters is 1. The number of rotatable bonds is 5. The molecule has 0 aliphatic heterocycles. The molecule has 1 atom stereocenters. The van der Waals surface area contributed by atoms with E-state index in [2.05, 4.69) is 12.1 Å². The van der Waals surface area contributed by atoms with Crippen molar-refractivity contribution in [2.24, 2.45) is 5.92 Å². The fourth-order valence-corrected chi connectivity index (χ4v) is 2.38. The highest BCUT2D eigenvalue weighted by molar-refractivity contribution is 6.30. The van der Waals surface area contributed by atoms with Crippen LogP contribution in [0.2, 0.25) is 5.02 Å². The van der Waals surface area contributed by atoms with E-state index >= 15 is 0 Å². The van der Waals surface area contributed by atoms with Gasteiger partial charge in [-0.25, -0.2) is 0 Å². The topological polar surface area (TPSA) is 26.3 Å². The quantitative estimate of drug-likeness (QED) is 0.746. The standard InChI is InChI=1S/C14H17ClO2/c1-17-14(16)9-8-13(10-2-3-10)11-4-6-12(15)7-5-11/h4-7,10,13H,2-3,8-9H2,1H3. The Labute approximate surface area is 107 Å². The van der Waals surface area contributed by atoms with E-state index in [1.54, 1.807) is 0 Å². The third-order valence-electron chi connectivity index (χ3n) is 3.38. The summed E-state index contributed by atoms with van der Waals surface area (Å²) >= 11 is 5.89. The molecule has 1 aliphatic rings. The zero-order valence-corrected chi connectivity index (χ0v) is 10.7. The molecule has 3 heteroatoms. The molecule has 0 bridgehead atoms. The summed E-state index contributed by atoms with van der Waals surface area (Å²) in [4.78, 5) is 11.2. The van der Waals surface area contributed by atoms with Gasteiger partial charge < -0.3 is 4.74 Å². The number of ether oxygens (including phenoxy) is 1. The fraction of sp³-hybridized carbons (Fsp3) is 0.500. The molecule has 0 aromatic heterocycles. The van der Waals surface area contributed by atoms with Gasteiger partial charge in [0, 0.05) is 11.4 Å². The lowest BCUT2D eigenvalue weighted by Crippen LogP contribution is -2.07. The van der Waals surface area contributed by atoms with E-state index in [9.17, 15) is 4.79 Å². The minimum absolute atomic E-state index is 0.121. The van der Waals surface area contributed by atoms with Crippen molar-refractivity contribution >= 4 is 17.6 Å². The van der Waals surface area contributed by atoms with E-state index in [0.717, 1.165) is 17.4 Å². The van der Waals surface area contributed by atoms with Crippen molar-refractivity contribution in [1.82, 2.24) is 0 Å². The van der Waals surface area contributed by atoms with Crippen molar-refractivity contribution in [2.45, 2.75) is 31.6 Å². The summed E-state index contributed by atoms with van der Waals surface area (Å²) in [6.07, 6.45) is 3.92. The maximum atomic E-state index is 11.2. The van der Waals surface area contributed by atoms with Crippen LogP contribution in [-0.2, 0) is 9.53 Å². The maximum Gasteiger partial charge on any atom is 0.305 e. The SMILES string of the molecule is COC(=O)CCC(c1ccc(Cl)cc1)C1CC1. The van der Waals surface area contributed by atoms with E-state index in [1.165, 1.54) is 25.5 Å². The molecule has 1 aliphatic carbocycles. The highest BCUT2D eigenvalue weighted by atomic mass is 35.5. The summed E-state index contributed by atoms with van der Waals surface area (Å²) in [6, 6.07) is 7.99. The van der Waals surface area contributed by atoms with Gasteiger partial charge in [-0.1, -0.05) is 23.7 Å². The molecule has 1 saturated carbocycles. The maximum absolute atomic E-state index is 11.2. The highest BCUT2D eigenvalue weighted by Crippen LogP contribution is 2.45. The predicted octanol–water partition coefficient (Wildman–Crippen LogP) is 3.79. The molecule has 1 unspecified atom stereocenters. The smallest absolute Gasteiger partial charge is 0.305 e. The van der Waals surface area contributed by atoms with Crippen molar-refractivity contribution in [2.75, 3.05) is 7.11 Å². The lowest BCUT2D eigenvalue weighted by atomic mass is 9.90. The molecule has 0 amide bonds. The molecule has 2 nitrogen and oxygen atoms in total. The lowest BCUT2D eigenvalue weighted by molar-refractivity contribution is -0.140. The van der Waals surface area contributed by atoms with Crippen molar-refractivity contribution < 1.29 is 9.53 Å². The molecule has 1 fully saturated rings. The Bertz CT molecular complexity index is 382. The van der Waals surface area contributed by atoms with Gasteiger partial charge in [-0.3, -0.25) is 4.79 Å². The van der Waals surface area contributed by atoms with Crippen LogP contribution in [0.15, 0.2) is 24.3 Å². The van der Waals surface area contributed by atoms with Crippen LogP contribution in [-0.4, -0.2) is 13.1 Å². The lowest BCUT2D eigenvalue weighted by Gasteiger charge is -2.16. The number of benzene rings is 1. The van der Waals surface area contributed by atoms with Gasteiger partial charge in [0.2, 0.25) is 0 Å². The summed E-state index contributed by atoms with van der Waals surface area (Å²) in [6.45, 7) is 0. The first kappa shape index (κ1) is 12.4. The van der Waals surface area contributed by atoms with Gasteiger partial charge in [0.25, 0.3) is 0 Å². The van der Waals surface area contributed by atoms with E-state index < -0.39 is 0 Å². The molecular formula is C14H17ClO2. The molecular weight excluding hydrogens is 236 g/mol. The van der Waals surface area contributed by atoms with Crippen molar-refractivity contribution in [3.8, 4) is 0 Å². The number of hydrogen-bond acceptors (Lipinski definition) is 2. The van der Waals surface area contributed by atoms with E-state index in [-0.39, 0.29) is 5.97 Å². The second-order valence-corrected chi connectivity index (χ2v) is 5.05. The van der Waals surface area contributed by atoms with Crippen LogP contribution in [0.3, 0.4) is 0 Å². The predicted molar refractivity (Wildman–Crippen MR) is 68.2 cm³/mol. The van der Waals surface area contributed by atoms with Crippen LogP contribution in [0.25, 0.3) is 0 Å². The average molecular weight is 253 g/mol. The van der Waals surface area contributed by atoms with Crippen LogP contribution >= 0.6 is 11.6 Å². The van der Waals surface area contributed by atoms with Crippen LogP contribution in [0, 0.1) is 5.92 Å². The monoisotopic (exact) mass is 252 g/mol. The number of hydrogen-bond donors (Lipinski definition) is 0. The van der Waals surface area contributed by atoms with Gasteiger partial charge in [-0.05, 0) is 48.8 Å². The molecule has 1 aromatic carbocycles. The minimum Gasteiger partial charge on any atom is -0.469 e. The molecule has 0 heterocycles. The molecule has 0 spiro atoms. The summed E-state index contributed by atoms with van der Waals surface area (Å²) < 4.78 is 4.70. The van der Waals surface area contributed by atoms with Gasteiger partial charge in [0.1, 0.15) is 0 Å². The normalized spacial score (nSPS) is 16.6. The molecule has 92 valence electrons. The van der Waals surface area contributed by atoms with Crippen molar-refractivity contribution in [3.05, 3.63) is 34.9 Å². The van der Waals surface area contributed by atoms with Crippen LogP contribution < -0.4 is 0 Å². The number of carbonyl (C=O) groups excluding carboxylic acids is 1.